The number of likely N-dealkylation sites (N-methyl/N-ethyl adjacent to an activating group) is 1. The van der Waals surface area contributed by atoms with Gasteiger partial charge in [-0.25, -0.2) is 4.79 Å². The molecule has 5 nitrogen and oxygen atoms in total. The maximum atomic E-state index is 11.1. The summed E-state index contributed by atoms with van der Waals surface area (Å²) in [6.45, 7) is 0.852. The Morgan fingerprint density at radius 2 is 1.88 bits per heavy atom. The molecule has 1 amide bonds. The van der Waals surface area contributed by atoms with Gasteiger partial charge in [-0.05, 0) is 31.2 Å². The van der Waals surface area contributed by atoms with Crippen molar-refractivity contribution in [3.63, 3.8) is 0 Å². The summed E-state index contributed by atoms with van der Waals surface area (Å²) < 4.78 is 0. The van der Waals surface area contributed by atoms with Crippen molar-refractivity contribution in [2.75, 3.05) is 20.1 Å². The number of rotatable bonds is 6. The minimum Gasteiger partial charge on any atom is -0.478 e. The van der Waals surface area contributed by atoms with Gasteiger partial charge in [0.2, 0.25) is 5.91 Å². The minimum atomic E-state index is -0.932. The summed E-state index contributed by atoms with van der Waals surface area (Å²) in [5.41, 5.74) is 1.27. The molecule has 0 unspecified atom stereocenters. The van der Waals surface area contributed by atoms with Crippen molar-refractivity contribution >= 4 is 11.9 Å². The van der Waals surface area contributed by atoms with Crippen LogP contribution in [0.1, 0.15) is 15.9 Å². The highest BCUT2D eigenvalue weighted by Gasteiger charge is 2.02. The highest BCUT2D eigenvalue weighted by atomic mass is 16.4. The Labute approximate surface area is 99.8 Å². The van der Waals surface area contributed by atoms with Crippen LogP contribution in [0, 0.1) is 0 Å². The van der Waals surface area contributed by atoms with E-state index in [1.54, 1.807) is 31.3 Å². The normalized spacial score (nSPS) is 9.94. The van der Waals surface area contributed by atoms with Crippen LogP contribution in [0.2, 0.25) is 0 Å². The molecular formula is C12H16N2O3. The van der Waals surface area contributed by atoms with Gasteiger partial charge in [-0.3, -0.25) is 4.79 Å². The molecule has 0 radical (unpaired) electrons. The summed E-state index contributed by atoms with van der Waals surface area (Å²) in [6, 6.07) is 6.64. The second-order valence-corrected chi connectivity index (χ2v) is 3.63. The third kappa shape index (κ3) is 4.65. The van der Waals surface area contributed by atoms with Crippen LogP contribution >= 0.6 is 0 Å². The topological polar surface area (TPSA) is 78.4 Å². The predicted octanol–water partition coefficient (Wildman–Crippen LogP) is 0.263. The van der Waals surface area contributed by atoms with Crippen LogP contribution < -0.4 is 10.6 Å². The van der Waals surface area contributed by atoms with E-state index in [9.17, 15) is 9.59 Å². The van der Waals surface area contributed by atoms with Crippen LogP contribution in [0.4, 0.5) is 0 Å². The van der Waals surface area contributed by atoms with E-state index in [1.165, 1.54) is 0 Å². The summed E-state index contributed by atoms with van der Waals surface area (Å²) in [4.78, 5) is 21.7. The Morgan fingerprint density at radius 3 is 2.41 bits per heavy atom. The minimum absolute atomic E-state index is 0.0466. The first kappa shape index (κ1) is 13.2. The number of hydrogen-bond donors (Lipinski definition) is 3. The number of hydrogen-bond acceptors (Lipinski definition) is 3. The van der Waals surface area contributed by atoms with Crippen LogP contribution in [0.3, 0.4) is 0 Å². The van der Waals surface area contributed by atoms with Gasteiger partial charge in [-0.15, -0.1) is 0 Å². The summed E-state index contributed by atoms with van der Waals surface area (Å²) in [7, 11) is 1.71. The lowest BCUT2D eigenvalue weighted by Gasteiger charge is -2.05. The van der Waals surface area contributed by atoms with E-state index in [2.05, 4.69) is 10.6 Å². The molecule has 0 aliphatic carbocycles. The number of carboxylic acid groups (broad SMARTS) is 1. The van der Waals surface area contributed by atoms with E-state index < -0.39 is 5.97 Å². The average Bonchev–Trinajstić information content (AvgIpc) is 2.30. The molecule has 0 heterocycles. The van der Waals surface area contributed by atoms with Crippen LogP contribution in [-0.2, 0) is 11.2 Å². The van der Waals surface area contributed by atoms with E-state index in [0.717, 1.165) is 5.56 Å². The lowest BCUT2D eigenvalue weighted by molar-refractivity contribution is -0.120. The van der Waals surface area contributed by atoms with Gasteiger partial charge in [0.15, 0.2) is 0 Å². The van der Waals surface area contributed by atoms with Gasteiger partial charge in [-0.2, -0.15) is 0 Å². The first-order valence-corrected chi connectivity index (χ1v) is 5.37. The SMILES string of the molecule is CNCC(=O)NCCc1ccc(C(=O)O)cc1. The molecule has 1 aromatic rings. The fourth-order valence-electron chi connectivity index (χ4n) is 1.38. The number of aromatic carboxylic acids is 1. The lowest BCUT2D eigenvalue weighted by Crippen LogP contribution is -2.33. The first-order chi connectivity index (χ1) is 8.13. The fraction of sp³-hybridized carbons (Fsp3) is 0.333. The Balaban J connectivity index is 2.37. The Morgan fingerprint density at radius 1 is 1.24 bits per heavy atom. The number of carbonyl (C=O) groups excluding carboxylic acids is 1. The monoisotopic (exact) mass is 236 g/mol. The average molecular weight is 236 g/mol. The van der Waals surface area contributed by atoms with Crippen LogP contribution in [0.5, 0.6) is 0 Å². The zero-order valence-electron chi connectivity index (χ0n) is 9.69. The number of nitrogens with one attached hydrogen (secondary N) is 2. The Bertz CT molecular complexity index is 387. The third-order valence-corrected chi connectivity index (χ3v) is 2.27. The quantitative estimate of drug-likeness (QED) is 0.662. The van der Waals surface area contributed by atoms with E-state index in [1.807, 2.05) is 0 Å². The van der Waals surface area contributed by atoms with Crippen molar-refractivity contribution in [2.45, 2.75) is 6.42 Å². The van der Waals surface area contributed by atoms with Crippen molar-refractivity contribution < 1.29 is 14.7 Å². The zero-order chi connectivity index (χ0) is 12.7. The van der Waals surface area contributed by atoms with Gasteiger partial charge in [0, 0.05) is 6.54 Å². The summed E-state index contributed by atoms with van der Waals surface area (Å²) in [5.74, 6) is -0.978. The molecule has 0 atom stereocenters. The molecule has 0 fully saturated rings. The molecule has 3 N–H and O–H groups in total. The Hall–Kier alpha value is -1.88. The highest BCUT2D eigenvalue weighted by molar-refractivity contribution is 5.87. The van der Waals surface area contributed by atoms with Crippen molar-refractivity contribution in [1.29, 1.82) is 0 Å². The molecule has 0 aliphatic rings. The Kier molecular flexibility index (Phi) is 5.16. The van der Waals surface area contributed by atoms with E-state index in [0.29, 0.717) is 19.5 Å². The van der Waals surface area contributed by atoms with E-state index >= 15 is 0 Å². The van der Waals surface area contributed by atoms with Crippen LogP contribution in [-0.4, -0.2) is 37.1 Å². The largest absolute Gasteiger partial charge is 0.478 e. The maximum Gasteiger partial charge on any atom is 0.335 e. The highest BCUT2D eigenvalue weighted by Crippen LogP contribution is 2.04. The fourth-order valence-corrected chi connectivity index (χ4v) is 1.38. The first-order valence-electron chi connectivity index (χ1n) is 5.37. The van der Waals surface area contributed by atoms with E-state index in [4.69, 9.17) is 5.11 Å². The van der Waals surface area contributed by atoms with Crippen molar-refractivity contribution in [3.8, 4) is 0 Å². The summed E-state index contributed by atoms with van der Waals surface area (Å²) in [5, 5.41) is 14.2. The molecule has 17 heavy (non-hydrogen) atoms. The zero-order valence-corrected chi connectivity index (χ0v) is 9.69. The van der Waals surface area contributed by atoms with Crippen LogP contribution in [0.15, 0.2) is 24.3 Å². The number of carboxylic acids is 1. The molecule has 5 heteroatoms. The molecule has 0 aromatic heterocycles. The molecule has 0 saturated carbocycles. The number of carbonyl (C=O) groups is 2. The molecule has 0 bridgehead atoms. The predicted molar refractivity (Wildman–Crippen MR) is 64.0 cm³/mol. The van der Waals surface area contributed by atoms with Gasteiger partial charge in [0.25, 0.3) is 0 Å². The van der Waals surface area contributed by atoms with Crippen molar-refractivity contribution in [1.82, 2.24) is 10.6 Å². The molecule has 0 aliphatic heterocycles. The van der Waals surface area contributed by atoms with Crippen molar-refractivity contribution in [3.05, 3.63) is 35.4 Å². The molecule has 92 valence electrons. The second-order valence-electron chi connectivity index (χ2n) is 3.63. The van der Waals surface area contributed by atoms with E-state index in [-0.39, 0.29) is 11.5 Å². The number of amides is 1. The third-order valence-electron chi connectivity index (χ3n) is 2.27. The molecule has 0 saturated heterocycles. The van der Waals surface area contributed by atoms with Gasteiger partial charge >= 0.3 is 5.97 Å². The second kappa shape index (κ2) is 6.65. The molecule has 0 spiro atoms. The summed E-state index contributed by atoms with van der Waals surface area (Å²) >= 11 is 0. The summed E-state index contributed by atoms with van der Waals surface area (Å²) in [6.07, 6.45) is 0.690. The smallest absolute Gasteiger partial charge is 0.335 e. The standard InChI is InChI=1S/C12H16N2O3/c1-13-8-11(15)14-7-6-9-2-4-10(5-3-9)12(16)17/h2-5,13H,6-8H2,1H3,(H,14,15)(H,16,17). The van der Waals surface area contributed by atoms with Crippen molar-refractivity contribution in [2.24, 2.45) is 0 Å². The van der Waals surface area contributed by atoms with Crippen LogP contribution in [0.25, 0.3) is 0 Å². The van der Waals surface area contributed by atoms with Gasteiger partial charge in [0.05, 0.1) is 12.1 Å². The van der Waals surface area contributed by atoms with Gasteiger partial charge in [-0.1, -0.05) is 12.1 Å². The number of benzene rings is 1. The van der Waals surface area contributed by atoms with Gasteiger partial charge in [0.1, 0.15) is 0 Å². The lowest BCUT2D eigenvalue weighted by atomic mass is 10.1. The molecule has 1 rings (SSSR count). The molecule has 1 aromatic carbocycles. The van der Waals surface area contributed by atoms with Gasteiger partial charge < -0.3 is 15.7 Å². The molecular weight excluding hydrogens is 220 g/mol. The maximum absolute atomic E-state index is 11.1.